The molecule has 1 N–H and O–H groups in total. The Balaban J connectivity index is 1.57. The fraction of sp³-hybridized carbons (Fsp3) is 0.300. The van der Waals surface area contributed by atoms with Crippen molar-refractivity contribution in [2.24, 2.45) is 0 Å². The van der Waals surface area contributed by atoms with Gasteiger partial charge in [-0.05, 0) is 30.2 Å². The lowest BCUT2D eigenvalue weighted by Crippen LogP contribution is -2.42. The van der Waals surface area contributed by atoms with Gasteiger partial charge >= 0.3 is 6.03 Å². The van der Waals surface area contributed by atoms with E-state index in [-0.39, 0.29) is 18.1 Å². The van der Waals surface area contributed by atoms with Crippen LogP contribution in [0.1, 0.15) is 22.3 Å². The van der Waals surface area contributed by atoms with Crippen LogP contribution in [-0.2, 0) is 6.54 Å². The average Bonchev–Trinajstić information content (AvgIpc) is 2.94. The smallest absolute Gasteiger partial charge is 0.317 e. The molecule has 1 aliphatic heterocycles. The lowest BCUT2D eigenvalue weighted by Gasteiger charge is -2.22. The van der Waals surface area contributed by atoms with Gasteiger partial charge in [0.1, 0.15) is 11.6 Å². The molecule has 5 nitrogen and oxygen atoms in total. The first-order valence-corrected chi connectivity index (χ1v) is 8.85. The lowest BCUT2D eigenvalue weighted by molar-refractivity contribution is 0.0757. The molecule has 1 fully saturated rings. The molecule has 0 saturated carbocycles. The molecule has 3 amide bonds. The molecule has 0 aliphatic carbocycles. The van der Waals surface area contributed by atoms with E-state index in [1.54, 1.807) is 4.90 Å². The van der Waals surface area contributed by atoms with E-state index in [1.165, 1.54) is 4.90 Å². The monoisotopic (exact) mass is 373 g/mol. The zero-order valence-electron chi connectivity index (χ0n) is 14.8. The second-order valence-corrected chi connectivity index (χ2v) is 6.40. The van der Waals surface area contributed by atoms with E-state index in [1.807, 2.05) is 30.3 Å². The van der Waals surface area contributed by atoms with Crippen LogP contribution in [0.3, 0.4) is 0 Å². The van der Waals surface area contributed by atoms with Gasteiger partial charge in [-0.3, -0.25) is 4.79 Å². The van der Waals surface area contributed by atoms with Gasteiger partial charge in [0.05, 0.1) is 5.56 Å². The third-order valence-corrected chi connectivity index (χ3v) is 4.52. The molecule has 142 valence electrons. The molecule has 3 rings (SSSR count). The number of halogens is 2. The lowest BCUT2D eigenvalue weighted by atomic mass is 10.1. The summed E-state index contributed by atoms with van der Waals surface area (Å²) in [4.78, 5) is 28.0. The Morgan fingerprint density at radius 1 is 0.926 bits per heavy atom. The molecule has 0 bridgehead atoms. The number of rotatable bonds is 3. The van der Waals surface area contributed by atoms with Crippen molar-refractivity contribution in [3.05, 3.63) is 71.3 Å². The fourth-order valence-electron chi connectivity index (χ4n) is 3.04. The van der Waals surface area contributed by atoms with Gasteiger partial charge in [-0.1, -0.05) is 30.3 Å². The molecule has 0 aromatic heterocycles. The maximum Gasteiger partial charge on any atom is 0.317 e. The number of nitrogens with zero attached hydrogens (tertiary/aromatic N) is 2. The minimum absolute atomic E-state index is 0.204. The van der Waals surface area contributed by atoms with Crippen molar-refractivity contribution >= 4 is 11.9 Å². The molecule has 1 saturated heterocycles. The molecule has 2 aromatic rings. The Morgan fingerprint density at radius 3 is 2.41 bits per heavy atom. The van der Waals surface area contributed by atoms with Gasteiger partial charge in [0.2, 0.25) is 0 Å². The van der Waals surface area contributed by atoms with Gasteiger partial charge in [0, 0.05) is 32.7 Å². The maximum absolute atomic E-state index is 13.9. The predicted molar refractivity (Wildman–Crippen MR) is 97.1 cm³/mol. The van der Waals surface area contributed by atoms with E-state index in [0.717, 1.165) is 23.8 Å². The summed E-state index contributed by atoms with van der Waals surface area (Å²) in [6.07, 6.45) is 0.571. The van der Waals surface area contributed by atoms with Crippen molar-refractivity contribution in [3.8, 4) is 0 Å². The van der Waals surface area contributed by atoms with Crippen molar-refractivity contribution in [1.29, 1.82) is 0 Å². The van der Waals surface area contributed by atoms with Crippen molar-refractivity contribution in [2.45, 2.75) is 13.0 Å². The molecule has 0 spiro atoms. The highest BCUT2D eigenvalue weighted by Gasteiger charge is 2.24. The van der Waals surface area contributed by atoms with Crippen LogP contribution in [0.2, 0.25) is 0 Å². The van der Waals surface area contributed by atoms with Gasteiger partial charge in [-0.15, -0.1) is 0 Å². The van der Waals surface area contributed by atoms with Crippen LogP contribution < -0.4 is 5.32 Å². The first-order chi connectivity index (χ1) is 13.0. The van der Waals surface area contributed by atoms with E-state index < -0.39 is 17.5 Å². The van der Waals surface area contributed by atoms with Gasteiger partial charge in [0.15, 0.2) is 0 Å². The summed E-state index contributed by atoms with van der Waals surface area (Å²) >= 11 is 0. The minimum atomic E-state index is -0.747. The Bertz CT molecular complexity index is 814. The zero-order valence-corrected chi connectivity index (χ0v) is 14.8. The Kier molecular flexibility index (Phi) is 6.01. The summed E-state index contributed by atoms with van der Waals surface area (Å²) in [6, 6.07) is 12.2. The van der Waals surface area contributed by atoms with Gasteiger partial charge in [0.25, 0.3) is 5.91 Å². The number of hydrogen-bond acceptors (Lipinski definition) is 2. The van der Waals surface area contributed by atoms with Crippen LogP contribution in [0, 0.1) is 11.6 Å². The van der Waals surface area contributed by atoms with Crippen LogP contribution in [0.25, 0.3) is 0 Å². The molecule has 1 heterocycles. The summed E-state index contributed by atoms with van der Waals surface area (Å²) in [5.74, 6) is -1.96. The standard InChI is InChI=1S/C20H21F2N3O2/c21-16-7-8-18(22)17(13-16)19(26)24-9-4-10-25(12-11-24)20(27)23-14-15-5-2-1-3-6-15/h1-3,5-8,13H,4,9-12,14H2,(H,23,27). The fourth-order valence-corrected chi connectivity index (χ4v) is 3.04. The highest BCUT2D eigenvalue weighted by Crippen LogP contribution is 2.14. The molecule has 0 unspecified atom stereocenters. The van der Waals surface area contributed by atoms with E-state index in [4.69, 9.17) is 0 Å². The van der Waals surface area contributed by atoms with Gasteiger partial charge < -0.3 is 15.1 Å². The van der Waals surface area contributed by atoms with E-state index in [9.17, 15) is 18.4 Å². The van der Waals surface area contributed by atoms with Crippen molar-refractivity contribution in [2.75, 3.05) is 26.2 Å². The van der Waals surface area contributed by atoms with E-state index in [2.05, 4.69) is 5.32 Å². The quantitative estimate of drug-likeness (QED) is 0.899. The van der Waals surface area contributed by atoms with Crippen LogP contribution in [0.4, 0.5) is 13.6 Å². The minimum Gasteiger partial charge on any atom is -0.337 e. The van der Waals surface area contributed by atoms with Crippen molar-refractivity contribution in [3.63, 3.8) is 0 Å². The summed E-state index contributed by atoms with van der Waals surface area (Å²) < 4.78 is 27.2. The Labute approximate surface area is 156 Å². The Hall–Kier alpha value is -2.96. The third kappa shape index (κ3) is 4.81. The average molecular weight is 373 g/mol. The number of amides is 3. The zero-order chi connectivity index (χ0) is 19.2. The van der Waals surface area contributed by atoms with Gasteiger partial charge in [-0.25, -0.2) is 13.6 Å². The van der Waals surface area contributed by atoms with Crippen LogP contribution in [-0.4, -0.2) is 47.9 Å². The Morgan fingerprint density at radius 2 is 1.63 bits per heavy atom. The molecule has 0 radical (unpaired) electrons. The third-order valence-electron chi connectivity index (χ3n) is 4.52. The topological polar surface area (TPSA) is 52.7 Å². The van der Waals surface area contributed by atoms with Crippen LogP contribution in [0.5, 0.6) is 0 Å². The second-order valence-electron chi connectivity index (χ2n) is 6.40. The van der Waals surface area contributed by atoms with Crippen LogP contribution >= 0.6 is 0 Å². The number of carbonyl (C=O) groups is 2. The number of benzene rings is 2. The first-order valence-electron chi connectivity index (χ1n) is 8.85. The first kappa shape index (κ1) is 18.8. The molecular formula is C20H21F2N3O2. The largest absolute Gasteiger partial charge is 0.337 e. The molecule has 27 heavy (non-hydrogen) atoms. The van der Waals surface area contributed by atoms with E-state index in [0.29, 0.717) is 32.6 Å². The predicted octanol–water partition coefficient (Wildman–Crippen LogP) is 3.02. The maximum atomic E-state index is 13.9. The summed E-state index contributed by atoms with van der Waals surface area (Å²) in [7, 11) is 0. The SMILES string of the molecule is O=C(NCc1ccccc1)N1CCCN(C(=O)c2cc(F)ccc2F)CC1. The molecule has 7 heteroatoms. The summed E-state index contributed by atoms with van der Waals surface area (Å²) in [5.41, 5.74) is 0.719. The van der Waals surface area contributed by atoms with Crippen molar-refractivity contribution in [1.82, 2.24) is 15.1 Å². The molecule has 2 aromatic carbocycles. The van der Waals surface area contributed by atoms with Crippen LogP contribution in [0.15, 0.2) is 48.5 Å². The number of urea groups is 1. The summed E-state index contributed by atoms with van der Waals surface area (Å²) in [6.45, 7) is 1.91. The molecular weight excluding hydrogens is 352 g/mol. The van der Waals surface area contributed by atoms with Gasteiger partial charge in [-0.2, -0.15) is 0 Å². The summed E-state index contributed by atoms with van der Waals surface area (Å²) in [5, 5.41) is 2.86. The number of carbonyl (C=O) groups excluding carboxylic acids is 2. The normalized spacial score (nSPS) is 14.6. The molecule has 0 atom stereocenters. The highest BCUT2D eigenvalue weighted by molar-refractivity contribution is 5.94. The molecule has 1 aliphatic rings. The van der Waals surface area contributed by atoms with Crippen molar-refractivity contribution < 1.29 is 18.4 Å². The highest BCUT2D eigenvalue weighted by atomic mass is 19.1. The number of nitrogens with one attached hydrogen (secondary N) is 1. The van der Waals surface area contributed by atoms with E-state index >= 15 is 0 Å². The second kappa shape index (κ2) is 8.62. The number of hydrogen-bond donors (Lipinski definition) is 1.